The fourth-order valence-electron chi connectivity index (χ4n) is 2.87. The highest BCUT2D eigenvalue weighted by atomic mass is 35.5. The van der Waals surface area contributed by atoms with Crippen LogP contribution in [0.2, 0.25) is 5.02 Å². The van der Waals surface area contributed by atoms with Crippen LogP contribution in [0.4, 0.5) is 5.69 Å². The number of thioether (sulfide) groups is 1. The number of aliphatic imine (C=N–C) groups is 1. The lowest BCUT2D eigenvalue weighted by atomic mass is 10.1. The van der Waals surface area contributed by atoms with E-state index in [1.54, 1.807) is 30.2 Å². The van der Waals surface area contributed by atoms with Gasteiger partial charge in [-0.25, -0.2) is 4.99 Å². The van der Waals surface area contributed by atoms with E-state index < -0.39 is 0 Å². The Bertz CT molecular complexity index is 1000. The third-order valence-corrected chi connectivity index (χ3v) is 5.60. The molecule has 1 fully saturated rings. The zero-order valence-electron chi connectivity index (χ0n) is 17.2. The molecule has 1 N–H and O–H groups in total. The second-order valence-corrected chi connectivity index (χ2v) is 8.48. The number of benzene rings is 2. The van der Waals surface area contributed by atoms with E-state index in [-0.39, 0.29) is 28.3 Å². The number of halogens is 1. The van der Waals surface area contributed by atoms with E-state index in [2.05, 4.69) is 18.8 Å². The highest BCUT2D eigenvalue weighted by molar-refractivity contribution is 8.18. The maximum atomic E-state index is 13.1. The van der Waals surface area contributed by atoms with Crippen molar-refractivity contribution in [3.63, 3.8) is 0 Å². The minimum atomic E-state index is -0.130. The molecule has 0 aliphatic carbocycles. The number of amides is 1. The Kier molecular flexibility index (Phi) is 6.95. The number of phenols is 1. The van der Waals surface area contributed by atoms with Gasteiger partial charge in [0.15, 0.2) is 16.7 Å². The van der Waals surface area contributed by atoms with Gasteiger partial charge < -0.3 is 14.6 Å². The van der Waals surface area contributed by atoms with Gasteiger partial charge in [0.1, 0.15) is 5.75 Å². The number of hydrogen-bond donors (Lipinski definition) is 1. The Hall–Kier alpha value is -2.64. The summed E-state index contributed by atoms with van der Waals surface area (Å²) in [6.07, 6.45) is 1.73. The molecule has 1 heterocycles. The number of carbonyl (C=O) groups excluding carboxylic acids is 1. The number of carbonyl (C=O) groups is 1. The summed E-state index contributed by atoms with van der Waals surface area (Å²) in [4.78, 5) is 20.0. The van der Waals surface area contributed by atoms with Gasteiger partial charge in [-0.1, -0.05) is 25.4 Å². The van der Waals surface area contributed by atoms with Gasteiger partial charge in [-0.2, -0.15) is 0 Å². The Labute approximate surface area is 185 Å². The fraction of sp³-hybridized carbons (Fsp3) is 0.273. The van der Waals surface area contributed by atoms with E-state index >= 15 is 0 Å². The first-order valence-electron chi connectivity index (χ1n) is 9.33. The van der Waals surface area contributed by atoms with E-state index in [1.165, 1.54) is 18.9 Å². The van der Waals surface area contributed by atoms with Crippen molar-refractivity contribution >= 4 is 46.2 Å². The predicted molar refractivity (Wildman–Crippen MR) is 122 cm³/mol. The van der Waals surface area contributed by atoms with Crippen LogP contribution in [-0.2, 0) is 4.79 Å². The quantitative estimate of drug-likeness (QED) is 0.608. The van der Waals surface area contributed by atoms with Crippen LogP contribution < -0.4 is 9.47 Å². The summed E-state index contributed by atoms with van der Waals surface area (Å²) in [7, 11) is 3.06. The normalized spacial score (nSPS) is 16.7. The van der Waals surface area contributed by atoms with Crippen molar-refractivity contribution < 1.29 is 19.4 Å². The predicted octanol–water partition coefficient (Wildman–Crippen LogP) is 5.32. The van der Waals surface area contributed by atoms with Crippen LogP contribution in [0.25, 0.3) is 6.08 Å². The molecule has 0 aromatic heterocycles. The number of amidine groups is 1. The van der Waals surface area contributed by atoms with Crippen LogP contribution in [0.1, 0.15) is 19.4 Å². The lowest BCUT2D eigenvalue weighted by Gasteiger charge is -2.17. The monoisotopic (exact) mass is 446 g/mol. The van der Waals surface area contributed by atoms with Crippen LogP contribution in [0, 0.1) is 5.92 Å². The molecule has 1 saturated heterocycles. The molecule has 0 radical (unpaired) electrons. The smallest absolute Gasteiger partial charge is 0.266 e. The summed E-state index contributed by atoms with van der Waals surface area (Å²) in [5.41, 5.74) is 1.39. The van der Waals surface area contributed by atoms with Crippen LogP contribution in [-0.4, -0.2) is 41.8 Å². The molecule has 0 unspecified atom stereocenters. The van der Waals surface area contributed by atoms with Gasteiger partial charge in [0.2, 0.25) is 0 Å². The van der Waals surface area contributed by atoms with Gasteiger partial charge in [-0.3, -0.25) is 9.69 Å². The number of hydrogen-bond acceptors (Lipinski definition) is 6. The maximum Gasteiger partial charge on any atom is 0.266 e. The number of rotatable bonds is 6. The SMILES string of the molecule is COc1ccc(N=C2SC(=Cc3cc(Cl)c(O)c(OC)c3)C(=O)N2CC(C)C)cc1. The van der Waals surface area contributed by atoms with Gasteiger partial charge in [-0.15, -0.1) is 0 Å². The number of aromatic hydroxyl groups is 1. The van der Waals surface area contributed by atoms with Crippen molar-refractivity contribution in [2.45, 2.75) is 13.8 Å². The largest absolute Gasteiger partial charge is 0.503 e. The first kappa shape index (κ1) is 22.1. The van der Waals surface area contributed by atoms with Crippen molar-refractivity contribution in [3.05, 3.63) is 51.9 Å². The molecule has 0 spiro atoms. The molecular formula is C22H23ClN2O4S. The highest BCUT2D eigenvalue weighted by Crippen LogP contribution is 2.38. The maximum absolute atomic E-state index is 13.1. The summed E-state index contributed by atoms with van der Waals surface area (Å²) in [6.45, 7) is 4.66. The molecule has 1 amide bonds. The van der Waals surface area contributed by atoms with Gasteiger partial charge in [0, 0.05) is 6.54 Å². The van der Waals surface area contributed by atoms with E-state index in [0.29, 0.717) is 22.2 Å². The highest BCUT2D eigenvalue weighted by Gasteiger charge is 2.33. The number of ether oxygens (including phenoxy) is 2. The lowest BCUT2D eigenvalue weighted by molar-refractivity contribution is -0.122. The Morgan fingerprint density at radius 3 is 2.50 bits per heavy atom. The van der Waals surface area contributed by atoms with E-state index in [0.717, 1.165) is 11.4 Å². The second kappa shape index (κ2) is 9.45. The molecule has 2 aromatic carbocycles. The van der Waals surface area contributed by atoms with Crippen molar-refractivity contribution in [2.75, 3.05) is 20.8 Å². The summed E-state index contributed by atoms with van der Waals surface area (Å²) < 4.78 is 10.3. The summed E-state index contributed by atoms with van der Waals surface area (Å²) in [5, 5.41) is 10.7. The Balaban J connectivity index is 1.97. The molecule has 30 heavy (non-hydrogen) atoms. The third-order valence-electron chi connectivity index (χ3n) is 4.30. The van der Waals surface area contributed by atoms with Gasteiger partial charge in [-0.05, 0) is 65.7 Å². The molecule has 3 rings (SSSR count). The summed E-state index contributed by atoms with van der Waals surface area (Å²) in [5.74, 6) is 1.01. The molecule has 158 valence electrons. The number of nitrogens with zero attached hydrogens (tertiary/aromatic N) is 2. The van der Waals surface area contributed by atoms with Gasteiger partial charge in [0.25, 0.3) is 5.91 Å². The van der Waals surface area contributed by atoms with Crippen LogP contribution in [0.15, 0.2) is 46.3 Å². The minimum absolute atomic E-state index is 0.121. The molecule has 2 aromatic rings. The minimum Gasteiger partial charge on any atom is -0.503 e. The van der Waals surface area contributed by atoms with Crippen molar-refractivity contribution in [2.24, 2.45) is 10.9 Å². The van der Waals surface area contributed by atoms with E-state index in [4.69, 9.17) is 21.1 Å². The van der Waals surface area contributed by atoms with E-state index in [1.807, 2.05) is 24.3 Å². The second-order valence-electron chi connectivity index (χ2n) is 7.07. The number of methoxy groups -OCH3 is 2. The molecule has 1 aliphatic heterocycles. The summed E-state index contributed by atoms with van der Waals surface area (Å²) in [6, 6.07) is 10.6. The van der Waals surface area contributed by atoms with Crippen molar-refractivity contribution in [1.82, 2.24) is 4.90 Å². The third kappa shape index (κ3) is 4.91. The van der Waals surface area contributed by atoms with Crippen LogP contribution in [0.3, 0.4) is 0 Å². The Morgan fingerprint density at radius 2 is 1.90 bits per heavy atom. The molecule has 0 saturated carbocycles. The van der Waals surface area contributed by atoms with Crippen molar-refractivity contribution in [3.8, 4) is 17.2 Å². The van der Waals surface area contributed by atoms with Gasteiger partial charge >= 0.3 is 0 Å². The van der Waals surface area contributed by atoms with E-state index in [9.17, 15) is 9.90 Å². The molecule has 8 heteroatoms. The van der Waals surface area contributed by atoms with Gasteiger partial charge in [0.05, 0.1) is 29.8 Å². The fourth-order valence-corrected chi connectivity index (χ4v) is 4.10. The first-order valence-corrected chi connectivity index (χ1v) is 10.5. The molecule has 0 atom stereocenters. The van der Waals surface area contributed by atoms with Crippen LogP contribution >= 0.6 is 23.4 Å². The Morgan fingerprint density at radius 1 is 1.20 bits per heavy atom. The summed E-state index contributed by atoms with van der Waals surface area (Å²) >= 11 is 7.38. The topological polar surface area (TPSA) is 71.4 Å². The molecule has 6 nitrogen and oxygen atoms in total. The van der Waals surface area contributed by atoms with Crippen molar-refractivity contribution in [1.29, 1.82) is 0 Å². The first-order chi connectivity index (χ1) is 14.3. The number of phenolic OH excluding ortho intramolecular Hbond substituents is 1. The zero-order chi connectivity index (χ0) is 21.8. The van der Waals surface area contributed by atoms with Crippen LogP contribution in [0.5, 0.6) is 17.2 Å². The zero-order valence-corrected chi connectivity index (χ0v) is 18.8. The molecular weight excluding hydrogens is 424 g/mol. The lowest BCUT2D eigenvalue weighted by Crippen LogP contribution is -2.32. The molecule has 0 bridgehead atoms. The average Bonchev–Trinajstić information content (AvgIpc) is 2.99. The average molecular weight is 447 g/mol. The standard InChI is InChI=1S/C22H23ClN2O4S/c1-13(2)12-25-21(27)19(11-14-9-17(23)20(26)18(10-14)29-4)30-22(25)24-15-5-7-16(28-3)8-6-15/h5-11,13,26H,12H2,1-4H3. The molecule has 1 aliphatic rings.